The molecule has 124 valence electrons. The lowest BCUT2D eigenvalue weighted by Crippen LogP contribution is -2.28. The minimum absolute atomic E-state index is 0.103. The zero-order chi connectivity index (χ0) is 17.1. The zero-order valence-corrected chi connectivity index (χ0v) is 13.9. The summed E-state index contributed by atoms with van der Waals surface area (Å²) in [6.07, 6.45) is 4.93. The van der Waals surface area contributed by atoms with Crippen LogP contribution in [0.4, 0.5) is 0 Å². The summed E-state index contributed by atoms with van der Waals surface area (Å²) in [5, 5.41) is 7.20. The molecule has 0 aliphatic heterocycles. The number of amides is 1. The summed E-state index contributed by atoms with van der Waals surface area (Å²) in [6, 6.07) is 9.61. The highest BCUT2D eigenvalue weighted by molar-refractivity contribution is 5.93. The van der Waals surface area contributed by atoms with Crippen LogP contribution < -0.4 is 5.32 Å². The second-order valence-electron chi connectivity index (χ2n) is 5.96. The Hall–Kier alpha value is -2.89. The molecule has 3 rings (SSSR count). The SMILES string of the molecule is CC(C)c1ocnc1C(=O)N[C@H](C)c1cccc(-n2cccn2)c1. The summed E-state index contributed by atoms with van der Waals surface area (Å²) in [5.74, 6) is 0.473. The van der Waals surface area contributed by atoms with Crippen molar-refractivity contribution in [3.05, 3.63) is 66.1 Å². The quantitative estimate of drug-likeness (QED) is 0.780. The maximum absolute atomic E-state index is 12.5. The Morgan fingerprint density at radius 3 is 2.79 bits per heavy atom. The molecule has 0 unspecified atom stereocenters. The number of aromatic nitrogens is 3. The molecule has 0 bridgehead atoms. The van der Waals surface area contributed by atoms with E-state index >= 15 is 0 Å². The third-order valence-corrected chi connectivity index (χ3v) is 3.82. The first kappa shape index (κ1) is 16.0. The Kier molecular flexibility index (Phi) is 4.46. The summed E-state index contributed by atoms with van der Waals surface area (Å²) in [4.78, 5) is 16.5. The van der Waals surface area contributed by atoms with Crippen LogP contribution in [0.3, 0.4) is 0 Å². The van der Waals surface area contributed by atoms with Crippen LogP contribution in [-0.4, -0.2) is 20.7 Å². The van der Waals surface area contributed by atoms with Crippen LogP contribution in [0.25, 0.3) is 5.69 Å². The van der Waals surface area contributed by atoms with Crippen LogP contribution in [-0.2, 0) is 0 Å². The fraction of sp³-hybridized carbons (Fsp3) is 0.278. The smallest absolute Gasteiger partial charge is 0.274 e. The average molecular weight is 324 g/mol. The number of benzene rings is 1. The molecule has 0 radical (unpaired) electrons. The van der Waals surface area contributed by atoms with Crippen molar-refractivity contribution in [3.8, 4) is 5.69 Å². The number of nitrogens with one attached hydrogen (secondary N) is 1. The first-order valence-electron chi connectivity index (χ1n) is 7.90. The van der Waals surface area contributed by atoms with E-state index < -0.39 is 0 Å². The molecule has 0 saturated carbocycles. The molecular weight excluding hydrogens is 304 g/mol. The number of hydrogen-bond acceptors (Lipinski definition) is 4. The van der Waals surface area contributed by atoms with Gasteiger partial charge in [-0.25, -0.2) is 9.67 Å². The molecule has 2 heterocycles. The summed E-state index contributed by atoms with van der Waals surface area (Å²) >= 11 is 0. The molecule has 1 aromatic carbocycles. The van der Waals surface area contributed by atoms with Crippen molar-refractivity contribution in [3.63, 3.8) is 0 Å². The van der Waals surface area contributed by atoms with E-state index in [1.54, 1.807) is 10.9 Å². The number of rotatable bonds is 5. The lowest BCUT2D eigenvalue weighted by atomic mass is 10.1. The third kappa shape index (κ3) is 3.22. The number of oxazole rings is 1. The Morgan fingerprint density at radius 2 is 2.08 bits per heavy atom. The summed E-state index contributed by atoms with van der Waals surface area (Å²) in [6.45, 7) is 5.87. The second kappa shape index (κ2) is 6.70. The second-order valence-corrected chi connectivity index (χ2v) is 5.96. The molecule has 0 aliphatic rings. The molecule has 0 fully saturated rings. The van der Waals surface area contributed by atoms with Crippen LogP contribution in [0, 0.1) is 0 Å². The van der Waals surface area contributed by atoms with E-state index in [0.717, 1.165) is 11.3 Å². The predicted molar refractivity (Wildman–Crippen MR) is 90.0 cm³/mol. The van der Waals surface area contributed by atoms with Gasteiger partial charge in [-0.15, -0.1) is 0 Å². The predicted octanol–water partition coefficient (Wildman–Crippen LogP) is 3.47. The molecule has 0 saturated heterocycles. The normalized spacial score (nSPS) is 12.3. The zero-order valence-electron chi connectivity index (χ0n) is 13.9. The number of nitrogens with zero attached hydrogens (tertiary/aromatic N) is 3. The largest absolute Gasteiger partial charge is 0.447 e. The minimum Gasteiger partial charge on any atom is -0.447 e. The fourth-order valence-corrected chi connectivity index (χ4v) is 2.54. The van der Waals surface area contributed by atoms with Crippen LogP contribution in [0.15, 0.2) is 53.5 Å². The van der Waals surface area contributed by atoms with Crippen molar-refractivity contribution in [1.29, 1.82) is 0 Å². The molecule has 24 heavy (non-hydrogen) atoms. The maximum Gasteiger partial charge on any atom is 0.274 e. The van der Waals surface area contributed by atoms with Crippen molar-refractivity contribution < 1.29 is 9.21 Å². The van der Waals surface area contributed by atoms with Gasteiger partial charge in [0.25, 0.3) is 5.91 Å². The van der Waals surface area contributed by atoms with Gasteiger partial charge in [-0.05, 0) is 30.7 Å². The van der Waals surface area contributed by atoms with Gasteiger partial charge < -0.3 is 9.73 Å². The highest BCUT2D eigenvalue weighted by Crippen LogP contribution is 2.20. The van der Waals surface area contributed by atoms with Gasteiger partial charge >= 0.3 is 0 Å². The van der Waals surface area contributed by atoms with E-state index in [1.165, 1.54) is 6.39 Å². The molecule has 1 N–H and O–H groups in total. The first-order chi connectivity index (χ1) is 11.6. The Balaban J connectivity index is 1.77. The van der Waals surface area contributed by atoms with Gasteiger partial charge in [-0.2, -0.15) is 5.10 Å². The van der Waals surface area contributed by atoms with E-state index in [0.29, 0.717) is 11.5 Å². The first-order valence-corrected chi connectivity index (χ1v) is 7.90. The van der Waals surface area contributed by atoms with Crippen LogP contribution in [0.2, 0.25) is 0 Å². The van der Waals surface area contributed by atoms with E-state index in [2.05, 4.69) is 15.4 Å². The summed E-state index contributed by atoms with van der Waals surface area (Å²) in [7, 11) is 0. The molecule has 3 aromatic rings. The van der Waals surface area contributed by atoms with Crippen LogP contribution >= 0.6 is 0 Å². The van der Waals surface area contributed by atoms with E-state index in [9.17, 15) is 4.79 Å². The number of carbonyl (C=O) groups excluding carboxylic acids is 1. The molecule has 0 spiro atoms. The summed E-state index contributed by atoms with van der Waals surface area (Å²) in [5.41, 5.74) is 2.29. The molecule has 6 nitrogen and oxygen atoms in total. The third-order valence-electron chi connectivity index (χ3n) is 3.82. The summed E-state index contributed by atoms with van der Waals surface area (Å²) < 4.78 is 7.10. The minimum atomic E-state index is -0.232. The highest BCUT2D eigenvalue weighted by Gasteiger charge is 2.21. The van der Waals surface area contributed by atoms with Gasteiger partial charge in [0.15, 0.2) is 12.1 Å². The van der Waals surface area contributed by atoms with Gasteiger partial charge in [-0.1, -0.05) is 26.0 Å². The molecule has 2 aromatic heterocycles. The molecule has 1 amide bonds. The molecular formula is C18H20N4O2. The van der Waals surface area contributed by atoms with Crippen LogP contribution in [0.5, 0.6) is 0 Å². The lowest BCUT2D eigenvalue weighted by Gasteiger charge is -2.15. The molecule has 6 heteroatoms. The van der Waals surface area contributed by atoms with Gasteiger partial charge in [0.2, 0.25) is 0 Å². The van der Waals surface area contributed by atoms with Gasteiger partial charge in [0.05, 0.1) is 11.7 Å². The molecule has 0 aliphatic carbocycles. The highest BCUT2D eigenvalue weighted by atomic mass is 16.3. The monoisotopic (exact) mass is 324 g/mol. The van der Waals surface area contributed by atoms with Crippen molar-refractivity contribution in [2.75, 3.05) is 0 Å². The maximum atomic E-state index is 12.5. The Labute approximate surface area is 140 Å². The number of hydrogen-bond donors (Lipinski definition) is 1. The van der Waals surface area contributed by atoms with Crippen molar-refractivity contribution >= 4 is 5.91 Å². The van der Waals surface area contributed by atoms with Crippen molar-refractivity contribution in [1.82, 2.24) is 20.1 Å². The van der Waals surface area contributed by atoms with Crippen molar-refractivity contribution in [2.24, 2.45) is 0 Å². The van der Waals surface area contributed by atoms with Gasteiger partial charge in [0.1, 0.15) is 5.76 Å². The average Bonchev–Trinajstić information content (AvgIpc) is 3.26. The standard InChI is InChI=1S/C18H20N4O2/c1-12(2)17-16(19-11-24-17)18(23)21-13(3)14-6-4-7-15(10-14)22-9-5-8-20-22/h4-13H,1-3H3,(H,21,23)/t13-/m1/s1. The van der Waals surface area contributed by atoms with Gasteiger partial charge in [-0.3, -0.25) is 4.79 Å². The number of carbonyl (C=O) groups is 1. The molecule has 1 atom stereocenters. The van der Waals surface area contributed by atoms with E-state index in [4.69, 9.17) is 4.42 Å². The Morgan fingerprint density at radius 1 is 1.25 bits per heavy atom. The van der Waals surface area contributed by atoms with Crippen molar-refractivity contribution in [2.45, 2.75) is 32.7 Å². The van der Waals surface area contributed by atoms with Crippen LogP contribution in [0.1, 0.15) is 54.5 Å². The lowest BCUT2D eigenvalue weighted by molar-refractivity contribution is 0.0933. The topological polar surface area (TPSA) is 73.0 Å². The van der Waals surface area contributed by atoms with E-state index in [-0.39, 0.29) is 17.9 Å². The van der Waals surface area contributed by atoms with E-state index in [1.807, 2.05) is 57.3 Å². The Bertz CT molecular complexity index is 821. The van der Waals surface area contributed by atoms with Gasteiger partial charge in [0, 0.05) is 18.3 Å². The fourth-order valence-electron chi connectivity index (χ4n) is 2.54.